The molecule has 3 aromatic heterocycles. The number of carbonyl (C=O) groups excluding carboxylic acids is 2. The van der Waals surface area contributed by atoms with Crippen LogP contribution in [0.1, 0.15) is 42.5 Å². The molecule has 0 bridgehead atoms. The molecule has 1 fully saturated rings. The summed E-state index contributed by atoms with van der Waals surface area (Å²) in [7, 11) is 0. The lowest BCUT2D eigenvalue weighted by molar-refractivity contribution is -0.137. The highest BCUT2D eigenvalue weighted by molar-refractivity contribution is 6.05. The smallest absolute Gasteiger partial charge is 0.419 e. The molecule has 2 amide bonds. The van der Waals surface area contributed by atoms with Gasteiger partial charge in [0.25, 0.3) is 5.91 Å². The lowest BCUT2D eigenvalue weighted by Gasteiger charge is -2.22. The fourth-order valence-corrected chi connectivity index (χ4v) is 4.89. The Hall–Kier alpha value is -5.67. The highest BCUT2D eigenvalue weighted by Gasteiger charge is 2.45. The zero-order chi connectivity index (χ0) is 32.3. The van der Waals surface area contributed by atoms with Crippen molar-refractivity contribution in [1.82, 2.24) is 24.3 Å². The van der Waals surface area contributed by atoms with Gasteiger partial charge in [-0.15, -0.1) is 0 Å². The number of halogens is 4. The van der Waals surface area contributed by atoms with Crippen LogP contribution in [0, 0.1) is 5.82 Å². The molecule has 0 atom stereocenters. The third kappa shape index (κ3) is 5.13. The Morgan fingerprint density at radius 2 is 1.96 bits per heavy atom. The summed E-state index contributed by atoms with van der Waals surface area (Å²) in [5, 5.41) is 2.25. The van der Waals surface area contributed by atoms with E-state index in [1.54, 1.807) is 20.8 Å². The molecule has 0 saturated carbocycles. The van der Waals surface area contributed by atoms with Crippen molar-refractivity contribution >= 4 is 34.9 Å². The minimum absolute atomic E-state index is 0.0216. The van der Waals surface area contributed by atoms with Crippen molar-refractivity contribution in [2.75, 3.05) is 17.7 Å². The van der Waals surface area contributed by atoms with Gasteiger partial charge in [-0.3, -0.25) is 9.20 Å². The number of anilines is 2. The van der Waals surface area contributed by atoms with E-state index in [0.29, 0.717) is 11.8 Å². The van der Waals surface area contributed by atoms with Gasteiger partial charge in [0.2, 0.25) is 0 Å². The summed E-state index contributed by atoms with van der Waals surface area (Å²) in [5.74, 6) is -2.19. The predicted octanol–water partition coefficient (Wildman–Crippen LogP) is 5.58. The van der Waals surface area contributed by atoms with Crippen molar-refractivity contribution in [3.8, 4) is 17.0 Å². The number of alkyl halides is 3. The number of benzene rings is 1. The van der Waals surface area contributed by atoms with E-state index in [-0.39, 0.29) is 57.9 Å². The van der Waals surface area contributed by atoms with Crippen LogP contribution in [-0.4, -0.2) is 48.5 Å². The zero-order valence-corrected chi connectivity index (χ0v) is 23.8. The van der Waals surface area contributed by atoms with Crippen molar-refractivity contribution in [2.45, 2.75) is 32.5 Å². The van der Waals surface area contributed by atoms with E-state index in [4.69, 9.17) is 19.9 Å². The molecule has 0 spiro atoms. The van der Waals surface area contributed by atoms with Crippen LogP contribution in [0.15, 0.2) is 61.0 Å². The number of nitrogens with two attached hydrogens (primary N) is 1. The second kappa shape index (κ2) is 10.5. The van der Waals surface area contributed by atoms with Gasteiger partial charge in [-0.25, -0.2) is 29.0 Å². The fraction of sp³-hybridized carbons (Fsp3) is 0.207. The van der Waals surface area contributed by atoms with Crippen molar-refractivity contribution < 1.29 is 41.4 Å². The Bertz CT molecular complexity index is 1950. The van der Waals surface area contributed by atoms with Gasteiger partial charge in [0.15, 0.2) is 17.2 Å². The van der Waals surface area contributed by atoms with Crippen molar-refractivity contribution in [2.24, 2.45) is 0 Å². The van der Waals surface area contributed by atoms with Crippen LogP contribution in [0.4, 0.5) is 34.0 Å². The number of hydrogen-bond donors (Lipinski definition) is 2. The van der Waals surface area contributed by atoms with Crippen molar-refractivity contribution in [1.29, 1.82) is 0 Å². The molecule has 5 heterocycles. The lowest BCUT2D eigenvalue weighted by atomic mass is 10.0. The monoisotopic (exact) mass is 625 g/mol. The molecular weight excluding hydrogens is 602 g/mol. The van der Waals surface area contributed by atoms with Crippen LogP contribution in [0.25, 0.3) is 22.5 Å². The number of carbonyl (C=O) groups is 2. The molecule has 2 aliphatic rings. The highest BCUT2D eigenvalue weighted by atomic mass is 19.4. The van der Waals surface area contributed by atoms with Crippen LogP contribution < -0.4 is 15.8 Å². The summed E-state index contributed by atoms with van der Waals surface area (Å²) in [6.07, 6.45) is 1.24. The molecule has 4 aromatic rings. The second-order valence-corrected chi connectivity index (χ2v) is 10.3. The number of ether oxygens (including phenoxy) is 3. The van der Waals surface area contributed by atoms with Gasteiger partial charge in [-0.05, 0) is 45.0 Å². The molecule has 232 valence electrons. The van der Waals surface area contributed by atoms with Gasteiger partial charge in [-0.2, -0.15) is 13.2 Å². The summed E-state index contributed by atoms with van der Waals surface area (Å²) in [4.78, 5) is 39.2. The molecule has 0 unspecified atom stereocenters. The number of rotatable bonds is 6. The third-order valence-corrected chi connectivity index (χ3v) is 6.94. The molecule has 45 heavy (non-hydrogen) atoms. The normalized spacial score (nSPS) is 15.6. The molecule has 12 nitrogen and oxygen atoms in total. The summed E-state index contributed by atoms with van der Waals surface area (Å²) in [6, 6.07) is 3.51. The van der Waals surface area contributed by atoms with E-state index in [1.165, 1.54) is 40.2 Å². The standard InChI is InChI=1S/C29H23F4N7O5/c1-4-43-17-10-14(26(41)37-20-11-15(5-6-35-20)29(31,32)33)9-16(30)21(17)22-23-24(34)36-7-8-39(23)25(38-22)18-12-40-19(13-44-18)28(2,3)45-27(40)42/h5-13H,4H2,1-3H3,(H2,34,36)(H,35,37,41). The number of aromatic nitrogens is 4. The number of nitrogens with zero attached hydrogens (tertiary/aromatic N) is 5. The Morgan fingerprint density at radius 1 is 1.18 bits per heavy atom. The maximum Gasteiger partial charge on any atom is 0.419 e. The van der Waals surface area contributed by atoms with Crippen molar-refractivity contribution in [3.63, 3.8) is 0 Å². The van der Waals surface area contributed by atoms with Gasteiger partial charge in [0.05, 0.1) is 23.9 Å². The van der Waals surface area contributed by atoms with Crippen LogP contribution in [0.2, 0.25) is 0 Å². The average Bonchev–Trinajstić information content (AvgIpc) is 3.47. The largest absolute Gasteiger partial charge is 0.493 e. The number of fused-ring (bicyclic) bond motifs is 2. The minimum atomic E-state index is -4.66. The third-order valence-electron chi connectivity index (χ3n) is 6.94. The van der Waals surface area contributed by atoms with Crippen molar-refractivity contribution in [3.05, 3.63) is 83.8 Å². The summed E-state index contributed by atoms with van der Waals surface area (Å²) >= 11 is 0. The quantitative estimate of drug-likeness (QED) is 0.262. The van der Waals surface area contributed by atoms with Crippen LogP contribution in [-0.2, 0) is 15.7 Å². The molecule has 0 aliphatic carbocycles. The first-order valence-electron chi connectivity index (χ1n) is 13.3. The van der Waals surface area contributed by atoms with Gasteiger partial charge >= 0.3 is 12.3 Å². The predicted molar refractivity (Wildman–Crippen MR) is 151 cm³/mol. The Kier molecular flexibility index (Phi) is 6.86. The first-order chi connectivity index (χ1) is 21.3. The second-order valence-electron chi connectivity index (χ2n) is 10.3. The number of imidazole rings is 1. The first-order valence-corrected chi connectivity index (χ1v) is 13.3. The van der Waals surface area contributed by atoms with E-state index in [1.807, 2.05) is 0 Å². The first kappa shape index (κ1) is 29.4. The molecular formula is C29H23F4N7O5. The van der Waals surface area contributed by atoms with Crippen LogP contribution in [0.5, 0.6) is 5.75 Å². The molecule has 16 heteroatoms. The van der Waals surface area contributed by atoms with E-state index >= 15 is 4.39 Å². The summed E-state index contributed by atoms with van der Waals surface area (Å²) in [6.45, 7) is 5.08. The molecule has 1 aromatic carbocycles. The number of pyridine rings is 1. The lowest BCUT2D eigenvalue weighted by Crippen LogP contribution is -2.25. The molecule has 6 rings (SSSR count). The molecule has 3 N–H and O–H groups in total. The number of amides is 2. The molecule has 2 aliphatic heterocycles. The molecule has 1 saturated heterocycles. The summed E-state index contributed by atoms with van der Waals surface area (Å²) < 4.78 is 73.8. The van der Waals surface area contributed by atoms with Crippen LogP contribution >= 0.6 is 0 Å². The average molecular weight is 626 g/mol. The van der Waals surface area contributed by atoms with E-state index < -0.39 is 35.2 Å². The number of nitrogen functional groups attached to an aromatic ring is 1. The van der Waals surface area contributed by atoms with Gasteiger partial charge < -0.3 is 25.3 Å². The number of cyclic esters (lactones) is 1. The maximum atomic E-state index is 16.0. The molecule has 0 radical (unpaired) electrons. The minimum Gasteiger partial charge on any atom is -0.493 e. The van der Waals surface area contributed by atoms with Gasteiger partial charge in [0.1, 0.15) is 46.4 Å². The number of hydrogen-bond acceptors (Lipinski definition) is 9. The Labute approximate surface area is 251 Å². The summed E-state index contributed by atoms with van der Waals surface area (Å²) in [5.41, 5.74) is 4.42. The van der Waals surface area contributed by atoms with Crippen LogP contribution in [0.3, 0.4) is 0 Å². The highest BCUT2D eigenvalue weighted by Crippen LogP contribution is 2.41. The number of nitrogens with one attached hydrogen (secondary N) is 1. The van der Waals surface area contributed by atoms with Gasteiger partial charge in [-0.1, -0.05) is 0 Å². The topological polar surface area (TPSA) is 146 Å². The maximum absolute atomic E-state index is 16.0. The van der Waals surface area contributed by atoms with Gasteiger partial charge in [0, 0.05) is 24.2 Å². The SMILES string of the molecule is CCOc1cc(C(=O)Nc2cc(C(F)(F)F)ccn2)cc(F)c1-c1nc(C2=CN3C(=O)OC(C)(C)C3=CO2)n2ccnc(N)c12. The zero-order valence-electron chi connectivity index (χ0n) is 23.8. The Morgan fingerprint density at radius 3 is 2.69 bits per heavy atom. The van der Waals surface area contributed by atoms with E-state index in [9.17, 15) is 22.8 Å². The van der Waals surface area contributed by atoms with E-state index in [2.05, 4.69) is 20.3 Å². The Balaban J connectivity index is 1.43. The van der Waals surface area contributed by atoms with E-state index in [0.717, 1.165) is 18.3 Å². The fourth-order valence-electron chi connectivity index (χ4n) is 4.89.